The van der Waals surface area contributed by atoms with Crippen molar-refractivity contribution < 1.29 is 0 Å². The maximum absolute atomic E-state index is 4.13. The summed E-state index contributed by atoms with van der Waals surface area (Å²) in [5, 5.41) is 3.37. The Morgan fingerprint density at radius 2 is 2.15 bits per heavy atom. The third-order valence-electron chi connectivity index (χ3n) is 1.51. The number of hydrogen-bond acceptors (Lipinski definition) is 2. The lowest BCUT2D eigenvalue weighted by atomic mass is 10.1. The number of anilines is 1. The Bertz CT molecular complexity index is 297. The Morgan fingerprint density at radius 3 is 2.69 bits per heavy atom. The lowest BCUT2D eigenvalue weighted by Gasteiger charge is -2.22. The van der Waals surface area contributed by atoms with Gasteiger partial charge in [-0.3, -0.25) is 4.98 Å². The summed E-state index contributed by atoms with van der Waals surface area (Å²) in [7, 11) is 0. The van der Waals surface area contributed by atoms with Gasteiger partial charge >= 0.3 is 0 Å². The van der Waals surface area contributed by atoms with E-state index < -0.39 is 0 Å². The number of pyridine rings is 1. The highest BCUT2D eigenvalue weighted by atomic mass is 15.0. The molecule has 1 aromatic heterocycles. The predicted molar refractivity (Wildman–Crippen MR) is 57.7 cm³/mol. The van der Waals surface area contributed by atoms with Crippen molar-refractivity contribution in [3.8, 4) is 0 Å². The molecule has 0 aliphatic carbocycles. The average Bonchev–Trinajstić information content (AvgIpc) is 2.01. The summed E-state index contributed by atoms with van der Waals surface area (Å²) in [5.74, 6) is 0. The molecular weight excluding hydrogens is 160 g/mol. The lowest BCUT2D eigenvalue weighted by Crippen LogP contribution is -2.26. The van der Waals surface area contributed by atoms with Gasteiger partial charge < -0.3 is 5.32 Å². The van der Waals surface area contributed by atoms with Crippen LogP contribution in [0.1, 0.15) is 26.5 Å². The number of nitrogens with one attached hydrogen (secondary N) is 1. The van der Waals surface area contributed by atoms with Crippen molar-refractivity contribution in [2.75, 3.05) is 5.32 Å². The van der Waals surface area contributed by atoms with Crippen LogP contribution < -0.4 is 5.32 Å². The van der Waals surface area contributed by atoms with E-state index in [0.29, 0.717) is 0 Å². The molecule has 0 amide bonds. The highest BCUT2D eigenvalue weighted by Crippen LogP contribution is 2.14. The number of rotatable bonds is 2. The standard InChI is InChI=1S/C11H16N2/c1-5-9-8-10(6-7-12-9)13-11(2,3)4/h5-8H,1H2,2-4H3,(H,12,13). The smallest absolute Gasteiger partial charge is 0.0644 e. The minimum absolute atomic E-state index is 0.0831. The van der Waals surface area contributed by atoms with Gasteiger partial charge in [0.2, 0.25) is 0 Å². The van der Waals surface area contributed by atoms with Gasteiger partial charge in [0.15, 0.2) is 0 Å². The molecule has 0 fully saturated rings. The summed E-state index contributed by atoms with van der Waals surface area (Å²) < 4.78 is 0. The van der Waals surface area contributed by atoms with E-state index in [0.717, 1.165) is 11.4 Å². The first-order chi connectivity index (χ1) is 6.01. The third-order valence-corrected chi connectivity index (χ3v) is 1.51. The average molecular weight is 176 g/mol. The maximum atomic E-state index is 4.13. The van der Waals surface area contributed by atoms with E-state index in [9.17, 15) is 0 Å². The zero-order valence-electron chi connectivity index (χ0n) is 8.46. The lowest BCUT2D eigenvalue weighted by molar-refractivity contribution is 0.634. The van der Waals surface area contributed by atoms with Gasteiger partial charge in [-0.05, 0) is 39.0 Å². The van der Waals surface area contributed by atoms with E-state index in [1.807, 2.05) is 12.1 Å². The topological polar surface area (TPSA) is 24.9 Å². The predicted octanol–water partition coefficient (Wildman–Crippen LogP) is 2.94. The van der Waals surface area contributed by atoms with Crippen LogP contribution in [0.5, 0.6) is 0 Å². The molecule has 0 bridgehead atoms. The molecule has 1 heterocycles. The van der Waals surface area contributed by atoms with Gasteiger partial charge in [-0.1, -0.05) is 6.58 Å². The molecule has 2 nitrogen and oxygen atoms in total. The zero-order valence-corrected chi connectivity index (χ0v) is 8.46. The molecule has 0 aliphatic rings. The van der Waals surface area contributed by atoms with Gasteiger partial charge in [0.25, 0.3) is 0 Å². The summed E-state index contributed by atoms with van der Waals surface area (Å²) >= 11 is 0. The van der Waals surface area contributed by atoms with Gasteiger partial charge in [-0.2, -0.15) is 0 Å². The van der Waals surface area contributed by atoms with Crippen LogP contribution in [-0.2, 0) is 0 Å². The summed E-state index contributed by atoms with van der Waals surface area (Å²) in [5.41, 5.74) is 2.06. The molecule has 1 N–H and O–H groups in total. The van der Waals surface area contributed by atoms with Crippen LogP contribution in [0.3, 0.4) is 0 Å². The molecule has 0 spiro atoms. The SMILES string of the molecule is C=Cc1cc(NC(C)(C)C)ccn1. The van der Waals surface area contributed by atoms with E-state index in [-0.39, 0.29) is 5.54 Å². The van der Waals surface area contributed by atoms with Crippen LogP contribution >= 0.6 is 0 Å². The van der Waals surface area contributed by atoms with Crippen molar-refractivity contribution in [2.45, 2.75) is 26.3 Å². The van der Waals surface area contributed by atoms with E-state index in [2.05, 4.69) is 37.7 Å². The molecule has 0 radical (unpaired) electrons. The molecule has 0 unspecified atom stereocenters. The first-order valence-electron chi connectivity index (χ1n) is 4.38. The van der Waals surface area contributed by atoms with Gasteiger partial charge in [0, 0.05) is 17.4 Å². The number of hydrogen-bond donors (Lipinski definition) is 1. The van der Waals surface area contributed by atoms with E-state index >= 15 is 0 Å². The molecule has 70 valence electrons. The second-order valence-corrected chi connectivity index (χ2v) is 4.05. The van der Waals surface area contributed by atoms with Crippen molar-refractivity contribution in [3.05, 3.63) is 30.6 Å². The Morgan fingerprint density at radius 1 is 1.46 bits per heavy atom. The summed E-state index contributed by atoms with van der Waals surface area (Å²) in [6, 6.07) is 3.94. The second-order valence-electron chi connectivity index (χ2n) is 4.05. The maximum Gasteiger partial charge on any atom is 0.0644 e. The Balaban J connectivity index is 2.84. The summed E-state index contributed by atoms with van der Waals surface area (Å²) in [6.45, 7) is 10.1. The van der Waals surface area contributed by atoms with Crippen LogP contribution in [-0.4, -0.2) is 10.5 Å². The first-order valence-corrected chi connectivity index (χ1v) is 4.38. The Labute approximate surface area is 79.7 Å². The van der Waals surface area contributed by atoms with Crippen LogP contribution in [0.4, 0.5) is 5.69 Å². The first kappa shape index (κ1) is 9.78. The van der Waals surface area contributed by atoms with Gasteiger partial charge in [-0.15, -0.1) is 0 Å². The molecule has 2 heteroatoms. The molecule has 0 atom stereocenters. The van der Waals surface area contributed by atoms with E-state index in [1.54, 1.807) is 12.3 Å². The fourth-order valence-corrected chi connectivity index (χ4v) is 1.07. The van der Waals surface area contributed by atoms with Crippen LogP contribution in [0.15, 0.2) is 24.9 Å². The number of nitrogens with zero attached hydrogens (tertiary/aromatic N) is 1. The molecule has 0 saturated carbocycles. The zero-order chi connectivity index (χ0) is 9.90. The fourth-order valence-electron chi connectivity index (χ4n) is 1.07. The van der Waals surface area contributed by atoms with Crippen molar-refractivity contribution >= 4 is 11.8 Å². The van der Waals surface area contributed by atoms with Crippen LogP contribution in [0, 0.1) is 0 Å². The third kappa shape index (κ3) is 3.28. The minimum Gasteiger partial charge on any atom is -0.380 e. The monoisotopic (exact) mass is 176 g/mol. The molecule has 1 aromatic rings. The fraction of sp³-hybridized carbons (Fsp3) is 0.364. The van der Waals surface area contributed by atoms with Gasteiger partial charge in [0.1, 0.15) is 0 Å². The second kappa shape index (κ2) is 3.60. The highest BCUT2D eigenvalue weighted by molar-refractivity contribution is 5.52. The van der Waals surface area contributed by atoms with E-state index in [4.69, 9.17) is 0 Å². The van der Waals surface area contributed by atoms with Gasteiger partial charge in [-0.25, -0.2) is 0 Å². The summed E-state index contributed by atoms with van der Waals surface area (Å²) in [4.78, 5) is 4.13. The Hall–Kier alpha value is -1.31. The highest BCUT2D eigenvalue weighted by Gasteiger charge is 2.08. The molecule has 0 aliphatic heterocycles. The van der Waals surface area contributed by atoms with Crippen molar-refractivity contribution in [1.82, 2.24) is 4.98 Å². The summed E-state index contributed by atoms with van der Waals surface area (Å²) in [6.07, 6.45) is 3.53. The van der Waals surface area contributed by atoms with E-state index in [1.165, 1.54) is 0 Å². The molecular formula is C11H16N2. The molecule has 1 rings (SSSR count). The normalized spacial score (nSPS) is 11.0. The van der Waals surface area contributed by atoms with Gasteiger partial charge in [0.05, 0.1) is 5.69 Å². The van der Waals surface area contributed by atoms with Crippen molar-refractivity contribution in [2.24, 2.45) is 0 Å². The molecule has 0 aromatic carbocycles. The molecule has 0 saturated heterocycles. The minimum atomic E-state index is 0.0831. The van der Waals surface area contributed by atoms with Crippen molar-refractivity contribution in [3.63, 3.8) is 0 Å². The van der Waals surface area contributed by atoms with Crippen LogP contribution in [0.25, 0.3) is 6.08 Å². The van der Waals surface area contributed by atoms with Crippen LogP contribution in [0.2, 0.25) is 0 Å². The Kier molecular flexibility index (Phi) is 2.71. The molecule has 13 heavy (non-hydrogen) atoms. The van der Waals surface area contributed by atoms with Crippen molar-refractivity contribution in [1.29, 1.82) is 0 Å². The largest absolute Gasteiger partial charge is 0.380 e. The quantitative estimate of drug-likeness (QED) is 0.749. The number of aromatic nitrogens is 1.